The van der Waals surface area contributed by atoms with Gasteiger partial charge in [-0.05, 0) is 43.5 Å². The number of amides is 1. The summed E-state index contributed by atoms with van der Waals surface area (Å²) >= 11 is 0. The van der Waals surface area contributed by atoms with Crippen molar-refractivity contribution >= 4 is 16.8 Å². The summed E-state index contributed by atoms with van der Waals surface area (Å²) < 4.78 is 2.07. The van der Waals surface area contributed by atoms with Crippen molar-refractivity contribution in [3.63, 3.8) is 0 Å². The van der Waals surface area contributed by atoms with Gasteiger partial charge in [-0.25, -0.2) is 4.98 Å². The molecule has 0 unspecified atom stereocenters. The summed E-state index contributed by atoms with van der Waals surface area (Å²) in [6.07, 6.45) is 4.62. The first-order chi connectivity index (χ1) is 14.1. The van der Waals surface area contributed by atoms with Crippen molar-refractivity contribution in [3.05, 3.63) is 89.1 Å². The number of aryl methyl sites for hydroxylation is 1. The minimum Gasteiger partial charge on any atom is -0.356 e. The van der Waals surface area contributed by atoms with Gasteiger partial charge in [0.15, 0.2) is 0 Å². The van der Waals surface area contributed by atoms with E-state index in [9.17, 15) is 4.79 Å². The Kier molecular flexibility index (Phi) is 4.23. The van der Waals surface area contributed by atoms with Crippen molar-refractivity contribution in [2.45, 2.75) is 32.9 Å². The van der Waals surface area contributed by atoms with Crippen LogP contribution in [0.25, 0.3) is 10.9 Å². The Labute approximate surface area is 170 Å². The molecule has 0 bridgehead atoms. The molecule has 0 radical (unpaired) electrons. The Morgan fingerprint density at radius 2 is 1.97 bits per heavy atom. The number of H-pyrrole nitrogens is 1. The van der Waals surface area contributed by atoms with E-state index in [2.05, 4.69) is 39.7 Å². The van der Waals surface area contributed by atoms with Crippen molar-refractivity contribution in [2.75, 3.05) is 6.54 Å². The largest absolute Gasteiger partial charge is 0.356 e. The second kappa shape index (κ2) is 6.92. The van der Waals surface area contributed by atoms with Crippen molar-refractivity contribution < 1.29 is 4.79 Å². The molecule has 1 N–H and O–H groups in total. The molecule has 4 aromatic rings. The van der Waals surface area contributed by atoms with Crippen molar-refractivity contribution in [3.8, 4) is 0 Å². The maximum atomic E-state index is 13.6. The molecule has 3 heterocycles. The molecular formula is C24H24N4O. The van der Waals surface area contributed by atoms with Gasteiger partial charge in [0.1, 0.15) is 5.82 Å². The summed E-state index contributed by atoms with van der Waals surface area (Å²) in [4.78, 5) is 23.4. The number of aromatic amines is 1. The summed E-state index contributed by atoms with van der Waals surface area (Å²) in [7, 11) is 0. The van der Waals surface area contributed by atoms with E-state index in [0.29, 0.717) is 6.54 Å². The molecule has 0 saturated carbocycles. The van der Waals surface area contributed by atoms with Gasteiger partial charge in [-0.1, -0.05) is 36.4 Å². The van der Waals surface area contributed by atoms with Crippen LogP contribution in [-0.4, -0.2) is 31.9 Å². The lowest BCUT2D eigenvalue weighted by Gasteiger charge is -2.34. The normalized spacial score (nSPS) is 16.2. The van der Waals surface area contributed by atoms with Crippen LogP contribution < -0.4 is 0 Å². The lowest BCUT2D eigenvalue weighted by Crippen LogP contribution is -2.39. The summed E-state index contributed by atoms with van der Waals surface area (Å²) in [5, 5.41) is 1.28. The molecule has 0 saturated heterocycles. The van der Waals surface area contributed by atoms with Crippen LogP contribution in [0.2, 0.25) is 0 Å². The molecule has 2 aromatic heterocycles. The molecule has 0 spiro atoms. The van der Waals surface area contributed by atoms with E-state index in [0.717, 1.165) is 41.1 Å². The van der Waals surface area contributed by atoms with E-state index in [1.165, 1.54) is 10.9 Å². The number of nitrogens with zero attached hydrogens (tertiary/aromatic N) is 3. The van der Waals surface area contributed by atoms with E-state index in [4.69, 9.17) is 0 Å². The summed E-state index contributed by atoms with van der Waals surface area (Å²) in [5.41, 5.74) is 5.45. The second-order valence-electron chi connectivity index (χ2n) is 7.75. The van der Waals surface area contributed by atoms with Crippen LogP contribution in [-0.2, 0) is 13.0 Å². The summed E-state index contributed by atoms with van der Waals surface area (Å²) in [6, 6.07) is 16.3. The van der Waals surface area contributed by atoms with Crippen LogP contribution in [0.3, 0.4) is 0 Å². The zero-order valence-corrected chi connectivity index (χ0v) is 16.7. The van der Waals surface area contributed by atoms with Crippen LogP contribution in [0.15, 0.2) is 60.9 Å². The highest BCUT2D eigenvalue weighted by molar-refractivity contribution is 5.96. The van der Waals surface area contributed by atoms with Crippen molar-refractivity contribution in [1.82, 2.24) is 19.4 Å². The number of hydrogen-bond acceptors (Lipinski definition) is 2. The molecule has 5 rings (SSSR count). The predicted octanol–water partition coefficient (Wildman–Crippen LogP) is 4.48. The molecule has 1 amide bonds. The number of nitrogens with one attached hydrogen (secondary N) is 1. The fourth-order valence-corrected chi connectivity index (χ4v) is 4.48. The second-order valence-corrected chi connectivity index (χ2v) is 7.75. The Bertz CT molecular complexity index is 1200. The smallest absolute Gasteiger partial charge is 0.254 e. The number of aromatic nitrogens is 3. The molecule has 0 fully saturated rings. The highest BCUT2D eigenvalue weighted by Crippen LogP contribution is 2.35. The van der Waals surface area contributed by atoms with Gasteiger partial charge >= 0.3 is 0 Å². The number of benzene rings is 2. The lowest BCUT2D eigenvalue weighted by molar-refractivity contribution is 0.0673. The van der Waals surface area contributed by atoms with E-state index >= 15 is 0 Å². The van der Waals surface area contributed by atoms with Gasteiger partial charge in [0.25, 0.3) is 5.91 Å². The average molecular weight is 384 g/mol. The highest BCUT2D eigenvalue weighted by atomic mass is 16.2. The molecule has 0 aliphatic carbocycles. The van der Waals surface area contributed by atoms with Crippen LogP contribution in [0.4, 0.5) is 0 Å². The Hall–Kier alpha value is -3.34. The Morgan fingerprint density at radius 1 is 1.17 bits per heavy atom. The first-order valence-electron chi connectivity index (χ1n) is 10.1. The van der Waals surface area contributed by atoms with Crippen LogP contribution in [0.1, 0.15) is 46.0 Å². The molecule has 1 atom stereocenters. The minimum absolute atomic E-state index is 0.0155. The van der Waals surface area contributed by atoms with Gasteiger partial charge in [0, 0.05) is 47.6 Å². The van der Waals surface area contributed by atoms with E-state index in [1.54, 1.807) is 6.20 Å². The molecule has 5 nitrogen and oxygen atoms in total. The topological polar surface area (TPSA) is 53.9 Å². The molecule has 5 heteroatoms. The van der Waals surface area contributed by atoms with E-state index in [1.807, 2.05) is 48.4 Å². The van der Waals surface area contributed by atoms with Crippen LogP contribution in [0.5, 0.6) is 0 Å². The van der Waals surface area contributed by atoms with Gasteiger partial charge < -0.3 is 14.5 Å². The summed E-state index contributed by atoms with van der Waals surface area (Å²) in [5.74, 6) is 1.04. The minimum atomic E-state index is 0.0155. The van der Waals surface area contributed by atoms with Crippen molar-refractivity contribution in [1.29, 1.82) is 0 Å². The maximum Gasteiger partial charge on any atom is 0.254 e. The van der Waals surface area contributed by atoms with E-state index in [-0.39, 0.29) is 11.9 Å². The first kappa shape index (κ1) is 17.7. The number of imidazole rings is 1. The van der Waals surface area contributed by atoms with Gasteiger partial charge in [0.05, 0.1) is 6.04 Å². The molecule has 29 heavy (non-hydrogen) atoms. The SMILES string of the molecule is Cc1nccn1Cc1ccccc1C(=O)N1CCc2c([nH]c3ccccc23)[C@@H]1C. The quantitative estimate of drug-likeness (QED) is 0.566. The molecule has 1 aliphatic rings. The number of hydrogen-bond donors (Lipinski definition) is 1. The van der Waals surface area contributed by atoms with Crippen molar-refractivity contribution in [2.24, 2.45) is 0 Å². The Morgan fingerprint density at radius 3 is 2.79 bits per heavy atom. The molecule has 2 aromatic carbocycles. The highest BCUT2D eigenvalue weighted by Gasteiger charge is 2.31. The average Bonchev–Trinajstić information content (AvgIpc) is 3.32. The summed E-state index contributed by atoms with van der Waals surface area (Å²) in [6.45, 7) is 5.48. The number of carbonyl (C=O) groups excluding carboxylic acids is 1. The first-order valence-corrected chi connectivity index (χ1v) is 10.1. The zero-order valence-electron chi connectivity index (χ0n) is 16.7. The number of para-hydroxylation sites is 1. The van der Waals surface area contributed by atoms with Gasteiger partial charge in [-0.3, -0.25) is 4.79 Å². The standard InChI is InChI=1S/C24H24N4O/c1-16-23-21(20-9-5-6-10-22(20)26-23)11-13-28(16)24(29)19-8-4-3-7-18(19)15-27-14-12-25-17(27)2/h3-10,12,14,16,26H,11,13,15H2,1-2H3/t16-/m0/s1. The molecule has 1 aliphatic heterocycles. The van der Waals surface area contributed by atoms with Crippen LogP contribution >= 0.6 is 0 Å². The third-order valence-corrected chi connectivity index (χ3v) is 6.11. The van der Waals surface area contributed by atoms with Crippen LogP contribution in [0, 0.1) is 6.92 Å². The van der Waals surface area contributed by atoms with Gasteiger partial charge in [-0.2, -0.15) is 0 Å². The zero-order chi connectivity index (χ0) is 20.0. The lowest BCUT2D eigenvalue weighted by atomic mass is 9.96. The monoisotopic (exact) mass is 384 g/mol. The third kappa shape index (κ3) is 2.94. The number of rotatable bonds is 3. The molecular weight excluding hydrogens is 360 g/mol. The Balaban J connectivity index is 1.48. The van der Waals surface area contributed by atoms with Gasteiger partial charge in [-0.15, -0.1) is 0 Å². The number of carbonyl (C=O) groups is 1. The fraction of sp³-hybridized carbons (Fsp3) is 0.250. The van der Waals surface area contributed by atoms with Gasteiger partial charge in [0.2, 0.25) is 0 Å². The molecule has 146 valence electrons. The predicted molar refractivity (Wildman–Crippen MR) is 114 cm³/mol. The van der Waals surface area contributed by atoms with E-state index < -0.39 is 0 Å². The third-order valence-electron chi connectivity index (χ3n) is 6.11. The maximum absolute atomic E-state index is 13.6. The fourth-order valence-electron chi connectivity index (χ4n) is 4.48. The number of fused-ring (bicyclic) bond motifs is 3.